The summed E-state index contributed by atoms with van der Waals surface area (Å²) in [4.78, 5) is 10.1. The van der Waals surface area contributed by atoms with Crippen LogP contribution in [-0.4, -0.2) is 52.4 Å². The molecule has 1 saturated heterocycles. The number of nitrogens with one attached hydrogen (secondary N) is 1. The molecule has 0 radical (unpaired) electrons. The molecule has 6 nitrogen and oxygen atoms in total. The van der Waals surface area contributed by atoms with Crippen LogP contribution >= 0.6 is 0 Å². The number of ether oxygens (including phenoxy) is 1. The zero-order chi connectivity index (χ0) is 10.0. The summed E-state index contributed by atoms with van der Waals surface area (Å²) >= 11 is 0. The Kier molecular flexibility index (Phi) is 3.21. The minimum atomic E-state index is -1.41. The van der Waals surface area contributed by atoms with E-state index in [2.05, 4.69) is 5.32 Å². The molecule has 0 aromatic carbocycles. The SMILES string of the molecule is C[C@H]1O[C@H](O)[C@H](O)[C@@H](O)[C@@H]1NC=O. The van der Waals surface area contributed by atoms with Crippen LogP contribution in [0.15, 0.2) is 0 Å². The average Bonchev–Trinajstić information content (AvgIpc) is 2.09. The lowest BCUT2D eigenvalue weighted by Crippen LogP contribution is -2.61. The first kappa shape index (κ1) is 10.4. The van der Waals surface area contributed by atoms with Gasteiger partial charge in [0.25, 0.3) is 0 Å². The minimum Gasteiger partial charge on any atom is -0.388 e. The van der Waals surface area contributed by atoms with Gasteiger partial charge in [-0.05, 0) is 6.92 Å². The van der Waals surface area contributed by atoms with Gasteiger partial charge in [0, 0.05) is 0 Å². The summed E-state index contributed by atoms with van der Waals surface area (Å²) in [6.45, 7) is 1.58. The summed E-state index contributed by atoms with van der Waals surface area (Å²) in [5.41, 5.74) is 0. The molecule has 5 atom stereocenters. The van der Waals surface area contributed by atoms with Crippen LogP contribution in [0, 0.1) is 0 Å². The highest BCUT2D eigenvalue weighted by Gasteiger charge is 2.41. The van der Waals surface area contributed by atoms with E-state index in [9.17, 15) is 15.0 Å². The third-order valence-electron chi connectivity index (χ3n) is 2.13. The van der Waals surface area contributed by atoms with Gasteiger partial charge in [-0.2, -0.15) is 0 Å². The Morgan fingerprint density at radius 2 is 1.92 bits per heavy atom. The van der Waals surface area contributed by atoms with E-state index in [1.807, 2.05) is 0 Å². The van der Waals surface area contributed by atoms with Crippen LogP contribution in [0.25, 0.3) is 0 Å². The van der Waals surface area contributed by atoms with Gasteiger partial charge in [0.2, 0.25) is 6.41 Å². The van der Waals surface area contributed by atoms with Crippen molar-refractivity contribution >= 4 is 6.41 Å². The lowest BCUT2D eigenvalue weighted by atomic mass is 9.97. The van der Waals surface area contributed by atoms with Gasteiger partial charge in [-0.15, -0.1) is 0 Å². The largest absolute Gasteiger partial charge is 0.388 e. The van der Waals surface area contributed by atoms with E-state index in [-0.39, 0.29) is 0 Å². The van der Waals surface area contributed by atoms with Gasteiger partial charge >= 0.3 is 0 Å². The molecule has 0 unspecified atom stereocenters. The van der Waals surface area contributed by atoms with E-state index in [1.165, 1.54) is 0 Å². The van der Waals surface area contributed by atoms with Crippen LogP contribution < -0.4 is 5.32 Å². The van der Waals surface area contributed by atoms with Crippen molar-refractivity contribution in [2.24, 2.45) is 0 Å². The highest BCUT2D eigenvalue weighted by molar-refractivity contribution is 5.47. The molecule has 1 aliphatic rings. The van der Waals surface area contributed by atoms with Gasteiger partial charge in [0.15, 0.2) is 6.29 Å². The first-order valence-electron chi connectivity index (χ1n) is 3.97. The third kappa shape index (κ3) is 1.97. The first-order chi connectivity index (χ1) is 6.07. The quantitative estimate of drug-likeness (QED) is 0.363. The number of hydrogen-bond donors (Lipinski definition) is 4. The van der Waals surface area contributed by atoms with Crippen molar-refractivity contribution in [3.8, 4) is 0 Å². The molecular weight excluding hydrogens is 178 g/mol. The lowest BCUT2D eigenvalue weighted by molar-refractivity contribution is -0.252. The molecular formula is C7H13NO5. The number of amides is 1. The molecule has 1 rings (SSSR count). The normalized spacial score (nSPS) is 45.7. The number of carbonyl (C=O) groups is 1. The second-order valence-corrected chi connectivity index (χ2v) is 3.02. The second-order valence-electron chi connectivity index (χ2n) is 3.02. The summed E-state index contributed by atoms with van der Waals surface area (Å²) in [6.07, 6.45) is -4.15. The highest BCUT2D eigenvalue weighted by Crippen LogP contribution is 2.18. The fourth-order valence-electron chi connectivity index (χ4n) is 1.36. The predicted octanol–water partition coefficient (Wildman–Crippen LogP) is -2.44. The zero-order valence-electron chi connectivity index (χ0n) is 7.12. The van der Waals surface area contributed by atoms with Gasteiger partial charge in [0.05, 0.1) is 12.1 Å². The maximum atomic E-state index is 10.1. The number of carbonyl (C=O) groups excluding carboxylic acids is 1. The maximum Gasteiger partial charge on any atom is 0.207 e. The van der Waals surface area contributed by atoms with Gasteiger partial charge < -0.3 is 25.4 Å². The monoisotopic (exact) mass is 191 g/mol. The Balaban J connectivity index is 2.66. The smallest absolute Gasteiger partial charge is 0.207 e. The molecule has 6 heteroatoms. The van der Waals surface area contributed by atoms with E-state index in [4.69, 9.17) is 9.84 Å². The van der Waals surface area contributed by atoms with Crippen molar-refractivity contribution in [1.29, 1.82) is 0 Å². The standard InChI is InChI=1S/C7H13NO5/c1-3-4(8-2-9)5(10)6(11)7(12)13-3/h2-7,10-12H,1H3,(H,8,9)/t3-,4-,5+,6-,7+/m1/s1. The molecule has 1 heterocycles. The lowest BCUT2D eigenvalue weighted by Gasteiger charge is -2.39. The summed E-state index contributed by atoms with van der Waals surface area (Å²) in [7, 11) is 0. The van der Waals surface area contributed by atoms with Gasteiger partial charge in [-0.3, -0.25) is 4.79 Å². The van der Waals surface area contributed by atoms with E-state index >= 15 is 0 Å². The molecule has 0 bridgehead atoms. The minimum absolute atomic E-state index is 0.415. The van der Waals surface area contributed by atoms with E-state index in [1.54, 1.807) is 6.92 Å². The molecule has 0 spiro atoms. The fraction of sp³-hybridized carbons (Fsp3) is 0.857. The Bertz CT molecular complexity index is 188. The summed E-state index contributed by atoms with van der Waals surface area (Å²) in [6, 6.07) is -0.698. The molecule has 1 amide bonds. The van der Waals surface area contributed by atoms with E-state index < -0.39 is 30.6 Å². The molecule has 76 valence electrons. The summed E-state index contributed by atoms with van der Waals surface area (Å²) in [5, 5.41) is 29.9. The molecule has 1 aliphatic heterocycles. The number of aliphatic hydroxyl groups is 3. The van der Waals surface area contributed by atoms with Crippen LogP contribution in [-0.2, 0) is 9.53 Å². The van der Waals surface area contributed by atoms with Crippen LogP contribution in [0.5, 0.6) is 0 Å². The number of rotatable bonds is 2. The highest BCUT2D eigenvalue weighted by atomic mass is 16.6. The molecule has 0 aliphatic carbocycles. The van der Waals surface area contributed by atoms with Crippen LogP contribution in [0.1, 0.15) is 6.92 Å². The third-order valence-corrected chi connectivity index (χ3v) is 2.13. The molecule has 0 saturated carbocycles. The Morgan fingerprint density at radius 3 is 2.46 bits per heavy atom. The van der Waals surface area contributed by atoms with E-state index in [0.29, 0.717) is 6.41 Å². The van der Waals surface area contributed by atoms with Gasteiger partial charge in [0.1, 0.15) is 12.2 Å². The zero-order valence-corrected chi connectivity index (χ0v) is 7.12. The molecule has 13 heavy (non-hydrogen) atoms. The topological polar surface area (TPSA) is 99.0 Å². The summed E-state index contributed by atoms with van der Waals surface area (Å²) in [5.74, 6) is 0. The van der Waals surface area contributed by atoms with Crippen molar-refractivity contribution in [1.82, 2.24) is 5.32 Å². The van der Waals surface area contributed by atoms with E-state index in [0.717, 1.165) is 0 Å². The number of hydrogen-bond acceptors (Lipinski definition) is 5. The van der Waals surface area contributed by atoms with Crippen molar-refractivity contribution in [2.45, 2.75) is 37.6 Å². The number of aliphatic hydroxyl groups excluding tert-OH is 3. The summed E-state index contributed by atoms with van der Waals surface area (Å²) < 4.78 is 4.86. The Labute approximate surface area is 75.1 Å². The van der Waals surface area contributed by atoms with Gasteiger partial charge in [-0.25, -0.2) is 0 Å². The van der Waals surface area contributed by atoms with Gasteiger partial charge in [-0.1, -0.05) is 0 Å². The molecule has 1 fully saturated rings. The maximum absolute atomic E-state index is 10.1. The Hall–Kier alpha value is -0.690. The fourth-order valence-corrected chi connectivity index (χ4v) is 1.36. The first-order valence-corrected chi connectivity index (χ1v) is 3.97. The molecule has 4 N–H and O–H groups in total. The second kappa shape index (κ2) is 4.01. The van der Waals surface area contributed by atoms with Crippen LogP contribution in [0.3, 0.4) is 0 Å². The van der Waals surface area contributed by atoms with Crippen LogP contribution in [0.4, 0.5) is 0 Å². The van der Waals surface area contributed by atoms with Crippen molar-refractivity contribution in [3.05, 3.63) is 0 Å². The molecule has 0 aromatic rings. The van der Waals surface area contributed by atoms with Crippen molar-refractivity contribution in [3.63, 3.8) is 0 Å². The van der Waals surface area contributed by atoms with Crippen LogP contribution in [0.2, 0.25) is 0 Å². The van der Waals surface area contributed by atoms with Crippen molar-refractivity contribution in [2.75, 3.05) is 0 Å². The average molecular weight is 191 g/mol. The van der Waals surface area contributed by atoms with Crippen molar-refractivity contribution < 1.29 is 24.9 Å². The predicted molar refractivity (Wildman–Crippen MR) is 41.6 cm³/mol. The Morgan fingerprint density at radius 1 is 1.31 bits per heavy atom. The molecule has 0 aromatic heterocycles.